The van der Waals surface area contributed by atoms with E-state index in [1.807, 2.05) is 0 Å². The van der Waals surface area contributed by atoms with E-state index in [-0.39, 0.29) is 57.1 Å². The first kappa shape index (κ1) is 35.8. The number of nitrogens with one attached hydrogen (secondary N) is 1. The Labute approximate surface area is 245 Å². The van der Waals surface area contributed by atoms with Crippen molar-refractivity contribution in [3.05, 3.63) is 35.9 Å². The van der Waals surface area contributed by atoms with Gasteiger partial charge in [0.1, 0.15) is 16.8 Å². The molecule has 0 aliphatic carbocycles. The number of esters is 3. The molecule has 1 aromatic rings. The summed E-state index contributed by atoms with van der Waals surface area (Å²) >= 11 is 0. The predicted molar refractivity (Wildman–Crippen MR) is 156 cm³/mol. The molecule has 0 aromatic heterocycles. The number of ketones is 1. The largest absolute Gasteiger partial charge is 0.460 e. The molecule has 1 aromatic carbocycles. The zero-order valence-corrected chi connectivity index (χ0v) is 26.3. The summed E-state index contributed by atoms with van der Waals surface area (Å²) in [5.74, 6) is -2.01. The molecule has 0 spiro atoms. The van der Waals surface area contributed by atoms with E-state index in [0.29, 0.717) is 5.56 Å². The highest BCUT2D eigenvalue weighted by Gasteiger charge is 2.35. The van der Waals surface area contributed by atoms with Crippen molar-refractivity contribution < 1.29 is 38.2 Å². The summed E-state index contributed by atoms with van der Waals surface area (Å²) in [5.41, 5.74) is -2.72. The first-order valence-electron chi connectivity index (χ1n) is 14.2. The molecule has 0 unspecified atom stereocenters. The number of rotatable bonds is 14. The van der Waals surface area contributed by atoms with Gasteiger partial charge in [0.25, 0.3) is 0 Å². The van der Waals surface area contributed by atoms with Gasteiger partial charge in [0.2, 0.25) is 5.91 Å². The fourth-order valence-electron chi connectivity index (χ4n) is 4.12. The van der Waals surface area contributed by atoms with Crippen LogP contribution in [-0.2, 0) is 33.4 Å². The summed E-state index contributed by atoms with van der Waals surface area (Å²) in [6.07, 6.45) is 0.0793. The standard InChI is InChI=1S/C32H49NO8/c1-29(2,3)39-26(36)17-20-32(21-18-27(37)40-30(4,5)6,22-19-28(38)41-31(7,8)9)33-25(35)16-15-24(34)23-13-11-10-12-14-23/h10-14H,15-22H2,1-9H3,(H,33,35). The number of carbonyl (C=O) groups is 5. The van der Waals surface area contributed by atoms with Gasteiger partial charge >= 0.3 is 17.9 Å². The quantitative estimate of drug-likeness (QED) is 0.166. The summed E-state index contributed by atoms with van der Waals surface area (Å²) in [7, 11) is 0. The van der Waals surface area contributed by atoms with Crippen LogP contribution in [0.15, 0.2) is 30.3 Å². The molecule has 41 heavy (non-hydrogen) atoms. The Bertz CT molecular complexity index is 963. The van der Waals surface area contributed by atoms with Gasteiger partial charge in [0.15, 0.2) is 5.78 Å². The molecule has 0 atom stereocenters. The van der Waals surface area contributed by atoms with E-state index in [1.165, 1.54) is 0 Å². The number of ether oxygens (including phenoxy) is 3. The summed E-state index contributed by atoms with van der Waals surface area (Å²) in [6.45, 7) is 15.8. The Hall–Kier alpha value is -3.23. The SMILES string of the molecule is CC(C)(C)OC(=O)CCC(CCC(=O)OC(C)(C)C)(CCC(=O)OC(C)(C)C)NC(=O)CCC(=O)c1ccccc1. The lowest BCUT2D eigenvalue weighted by Gasteiger charge is -2.36. The Balaban J connectivity index is 3.19. The third-order valence-electron chi connectivity index (χ3n) is 5.76. The molecule has 9 nitrogen and oxygen atoms in total. The Morgan fingerprint density at radius 1 is 0.561 bits per heavy atom. The van der Waals surface area contributed by atoms with Crippen molar-refractivity contribution >= 4 is 29.6 Å². The Morgan fingerprint density at radius 2 is 0.927 bits per heavy atom. The Morgan fingerprint density at radius 3 is 1.27 bits per heavy atom. The van der Waals surface area contributed by atoms with Crippen molar-refractivity contribution in [1.82, 2.24) is 5.32 Å². The molecule has 0 saturated heterocycles. The van der Waals surface area contributed by atoms with E-state index >= 15 is 0 Å². The number of amides is 1. The van der Waals surface area contributed by atoms with Gasteiger partial charge in [-0.2, -0.15) is 0 Å². The number of Topliss-reactive ketones (excluding diaryl/α,β-unsaturated/α-hetero) is 1. The molecule has 1 rings (SSSR count). The fraction of sp³-hybridized carbons (Fsp3) is 0.656. The minimum atomic E-state index is -1.13. The van der Waals surface area contributed by atoms with Gasteiger partial charge in [-0.15, -0.1) is 0 Å². The lowest BCUT2D eigenvalue weighted by atomic mass is 9.83. The van der Waals surface area contributed by atoms with Crippen molar-refractivity contribution in [2.24, 2.45) is 0 Å². The van der Waals surface area contributed by atoms with Crippen molar-refractivity contribution in [3.8, 4) is 0 Å². The summed E-state index contributed by atoms with van der Waals surface area (Å²) < 4.78 is 16.4. The minimum Gasteiger partial charge on any atom is -0.460 e. The average Bonchev–Trinajstić information content (AvgIpc) is 2.81. The molecular weight excluding hydrogens is 526 g/mol. The highest BCUT2D eigenvalue weighted by molar-refractivity contribution is 5.98. The van der Waals surface area contributed by atoms with Gasteiger partial charge in [-0.05, 0) is 81.6 Å². The van der Waals surface area contributed by atoms with Crippen LogP contribution < -0.4 is 5.32 Å². The van der Waals surface area contributed by atoms with Crippen LogP contribution in [0.25, 0.3) is 0 Å². The minimum absolute atomic E-state index is 0.0177. The maximum atomic E-state index is 13.2. The van der Waals surface area contributed by atoms with Crippen LogP contribution in [0, 0.1) is 0 Å². The van der Waals surface area contributed by atoms with Crippen molar-refractivity contribution in [2.75, 3.05) is 0 Å². The summed E-state index contributed by atoms with van der Waals surface area (Å²) in [6, 6.07) is 8.68. The van der Waals surface area contributed by atoms with E-state index in [1.54, 1.807) is 92.6 Å². The molecule has 0 heterocycles. The van der Waals surface area contributed by atoms with Gasteiger partial charge in [-0.25, -0.2) is 0 Å². The lowest BCUT2D eigenvalue weighted by Crippen LogP contribution is -2.50. The van der Waals surface area contributed by atoms with E-state index in [4.69, 9.17) is 14.2 Å². The molecule has 0 saturated carbocycles. The third kappa shape index (κ3) is 16.6. The van der Waals surface area contributed by atoms with Gasteiger partial charge < -0.3 is 19.5 Å². The van der Waals surface area contributed by atoms with Gasteiger partial charge in [-0.1, -0.05) is 30.3 Å². The monoisotopic (exact) mass is 575 g/mol. The second-order valence-electron chi connectivity index (χ2n) is 13.4. The summed E-state index contributed by atoms with van der Waals surface area (Å²) in [4.78, 5) is 63.8. The molecule has 0 aliphatic heterocycles. The number of hydrogen-bond donors (Lipinski definition) is 1. The molecule has 0 aliphatic rings. The molecule has 1 amide bonds. The zero-order chi connectivity index (χ0) is 31.5. The highest BCUT2D eigenvalue weighted by Crippen LogP contribution is 2.29. The van der Waals surface area contributed by atoms with Crippen LogP contribution in [0.1, 0.15) is 124 Å². The second kappa shape index (κ2) is 15.1. The molecule has 230 valence electrons. The van der Waals surface area contributed by atoms with Gasteiger partial charge in [0.05, 0.1) is 0 Å². The predicted octanol–water partition coefficient (Wildman–Crippen LogP) is 5.87. The molecule has 0 fully saturated rings. The first-order chi connectivity index (χ1) is 18.7. The van der Waals surface area contributed by atoms with E-state index in [2.05, 4.69) is 5.32 Å². The maximum absolute atomic E-state index is 13.2. The molecule has 9 heteroatoms. The topological polar surface area (TPSA) is 125 Å². The summed E-state index contributed by atoms with van der Waals surface area (Å²) in [5, 5.41) is 2.98. The van der Waals surface area contributed by atoms with E-state index in [9.17, 15) is 24.0 Å². The van der Waals surface area contributed by atoms with Crippen LogP contribution in [0.2, 0.25) is 0 Å². The molecule has 0 radical (unpaired) electrons. The highest BCUT2D eigenvalue weighted by atomic mass is 16.6. The van der Waals surface area contributed by atoms with Crippen molar-refractivity contribution in [2.45, 2.75) is 136 Å². The van der Waals surface area contributed by atoms with Crippen LogP contribution in [-0.4, -0.2) is 51.9 Å². The second-order valence-corrected chi connectivity index (χ2v) is 13.4. The normalized spacial score (nSPS) is 12.3. The maximum Gasteiger partial charge on any atom is 0.306 e. The average molecular weight is 576 g/mol. The fourth-order valence-corrected chi connectivity index (χ4v) is 4.12. The Kier molecular flexibility index (Phi) is 13.2. The van der Waals surface area contributed by atoms with Crippen molar-refractivity contribution in [3.63, 3.8) is 0 Å². The van der Waals surface area contributed by atoms with Gasteiger partial charge in [-0.3, -0.25) is 24.0 Å². The van der Waals surface area contributed by atoms with Crippen molar-refractivity contribution in [1.29, 1.82) is 0 Å². The molecule has 1 N–H and O–H groups in total. The molecule has 0 bridgehead atoms. The lowest BCUT2D eigenvalue weighted by molar-refractivity contribution is -0.155. The first-order valence-corrected chi connectivity index (χ1v) is 14.2. The van der Waals surface area contributed by atoms with Gasteiger partial charge in [0, 0.05) is 43.2 Å². The molecular formula is C32H49NO8. The van der Waals surface area contributed by atoms with Crippen LogP contribution in [0.5, 0.6) is 0 Å². The number of benzene rings is 1. The van der Waals surface area contributed by atoms with Crippen LogP contribution in [0.4, 0.5) is 0 Å². The smallest absolute Gasteiger partial charge is 0.306 e. The van der Waals surface area contributed by atoms with E-state index in [0.717, 1.165) is 0 Å². The zero-order valence-electron chi connectivity index (χ0n) is 26.3. The van der Waals surface area contributed by atoms with Crippen LogP contribution >= 0.6 is 0 Å². The third-order valence-corrected chi connectivity index (χ3v) is 5.76. The van der Waals surface area contributed by atoms with Crippen LogP contribution in [0.3, 0.4) is 0 Å². The number of carbonyl (C=O) groups excluding carboxylic acids is 5. The number of hydrogen-bond acceptors (Lipinski definition) is 8. The van der Waals surface area contributed by atoms with E-state index < -0.39 is 46.2 Å².